The van der Waals surface area contributed by atoms with Crippen LogP contribution in [0.2, 0.25) is 0 Å². The van der Waals surface area contributed by atoms with Gasteiger partial charge in [0.05, 0.1) is 17.8 Å². The van der Waals surface area contributed by atoms with Crippen LogP contribution in [0.15, 0.2) is 48.5 Å². The summed E-state index contributed by atoms with van der Waals surface area (Å²) in [4.78, 5) is 17.4. The normalized spacial score (nSPS) is 22.9. The second kappa shape index (κ2) is 10.3. The topological polar surface area (TPSA) is 68.5 Å². The predicted molar refractivity (Wildman–Crippen MR) is 151 cm³/mol. The van der Waals surface area contributed by atoms with E-state index in [4.69, 9.17) is 14.7 Å². The van der Waals surface area contributed by atoms with Crippen molar-refractivity contribution in [3.63, 3.8) is 0 Å². The highest BCUT2D eigenvalue weighted by Gasteiger charge is 2.38. The third-order valence-corrected chi connectivity index (χ3v) is 9.21. The molecule has 39 heavy (non-hydrogen) atoms. The van der Waals surface area contributed by atoms with Gasteiger partial charge in [0.2, 0.25) is 0 Å². The average Bonchev–Trinajstić information content (AvgIpc) is 3.66. The van der Waals surface area contributed by atoms with Gasteiger partial charge in [-0.1, -0.05) is 48.5 Å². The molecule has 0 spiro atoms. The van der Waals surface area contributed by atoms with Gasteiger partial charge in [0.15, 0.2) is 0 Å². The first-order valence-electron chi connectivity index (χ1n) is 14.5. The van der Waals surface area contributed by atoms with Crippen molar-refractivity contribution in [3.8, 4) is 23.2 Å². The monoisotopic (exact) mass is 520 g/mol. The average molecular weight is 521 g/mol. The standard InChI is InChI=1S/C32H36N6O/c1-36-16-7-9-23(36)21-39-32-34-29-20-38(19-28(29)31(35-32)37-17-6-8-22(18-37)14-15-33)30-26-12-4-2-10-24(26)25-11-3-5-13-27(25)30/h2-5,10-13,22-23,30H,6-9,14,16-21H2,1H3/t22-,23-/m0/s1. The Morgan fingerprint density at radius 1 is 0.949 bits per heavy atom. The van der Waals surface area contributed by atoms with E-state index in [0.717, 1.165) is 63.5 Å². The van der Waals surface area contributed by atoms with Crippen LogP contribution in [0, 0.1) is 17.2 Å². The number of likely N-dealkylation sites (N-methyl/N-ethyl adjacent to an activating group) is 1. The third kappa shape index (κ3) is 4.46. The van der Waals surface area contributed by atoms with Gasteiger partial charge in [0.25, 0.3) is 0 Å². The number of rotatable bonds is 6. The minimum atomic E-state index is 0.198. The van der Waals surface area contributed by atoms with Crippen molar-refractivity contribution in [2.24, 2.45) is 5.92 Å². The molecule has 2 atom stereocenters. The molecular weight excluding hydrogens is 484 g/mol. The van der Waals surface area contributed by atoms with Gasteiger partial charge in [-0.05, 0) is 67.4 Å². The number of nitrogens with zero attached hydrogens (tertiary/aromatic N) is 6. The van der Waals surface area contributed by atoms with Gasteiger partial charge in [0.1, 0.15) is 12.4 Å². The van der Waals surface area contributed by atoms with Gasteiger partial charge >= 0.3 is 6.01 Å². The number of aromatic nitrogens is 2. The maximum atomic E-state index is 9.36. The van der Waals surface area contributed by atoms with E-state index in [0.29, 0.717) is 31.0 Å². The van der Waals surface area contributed by atoms with Crippen LogP contribution in [-0.2, 0) is 13.1 Å². The van der Waals surface area contributed by atoms with Crippen molar-refractivity contribution >= 4 is 5.82 Å². The smallest absolute Gasteiger partial charge is 0.318 e. The van der Waals surface area contributed by atoms with Crippen LogP contribution in [-0.4, -0.2) is 59.1 Å². The molecule has 3 aliphatic heterocycles. The molecule has 3 aromatic rings. The highest BCUT2D eigenvalue weighted by molar-refractivity contribution is 5.78. The molecule has 2 saturated heterocycles. The first-order valence-corrected chi connectivity index (χ1v) is 14.5. The Kier molecular flexibility index (Phi) is 6.46. The molecular formula is C32H36N6O. The first-order chi connectivity index (χ1) is 19.2. The maximum absolute atomic E-state index is 9.36. The first kappa shape index (κ1) is 24.6. The molecule has 1 aromatic heterocycles. The van der Waals surface area contributed by atoms with Crippen LogP contribution in [0.1, 0.15) is 60.5 Å². The fourth-order valence-corrected chi connectivity index (χ4v) is 7.18. The summed E-state index contributed by atoms with van der Waals surface area (Å²) >= 11 is 0. The van der Waals surface area contributed by atoms with E-state index in [1.807, 2.05) is 0 Å². The van der Waals surface area contributed by atoms with E-state index >= 15 is 0 Å². The van der Waals surface area contributed by atoms with E-state index in [2.05, 4.69) is 76.3 Å². The van der Waals surface area contributed by atoms with E-state index in [9.17, 15) is 5.26 Å². The summed E-state index contributed by atoms with van der Waals surface area (Å²) in [5, 5.41) is 9.36. The van der Waals surface area contributed by atoms with Crippen molar-refractivity contribution < 1.29 is 4.74 Å². The van der Waals surface area contributed by atoms with Crippen LogP contribution in [0.5, 0.6) is 6.01 Å². The van der Waals surface area contributed by atoms with Gasteiger partial charge in [0, 0.05) is 44.2 Å². The molecule has 0 bridgehead atoms. The van der Waals surface area contributed by atoms with Gasteiger partial charge in [-0.3, -0.25) is 4.90 Å². The molecule has 4 aliphatic rings. The minimum absolute atomic E-state index is 0.198. The van der Waals surface area contributed by atoms with Gasteiger partial charge in [-0.15, -0.1) is 0 Å². The lowest BCUT2D eigenvalue weighted by atomic mass is 9.95. The van der Waals surface area contributed by atoms with Crippen molar-refractivity contribution in [1.82, 2.24) is 19.8 Å². The molecule has 2 fully saturated rings. The fraction of sp³-hybridized carbons (Fsp3) is 0.469. The number of likely N-dealkylation sites (tertiary alicyclic amines) is 1. The highest BCUT2D eigenvalue weighted by Crippen LogP contribution is 2.49. The molecule has 2 aromatic carbocycles. The predicted octanol–water partition coefficient (Wildman–Crippen LogP) is 5.17. The van der Waals surface area contributed by atoms with E-state index in [1.54, 1.807) is 0 Å². The molecule has 0 saturated carbocycles. The second-order valence-corrected chi connectivity index (χ2v) is 11.6. The quantitative estimate of drug-likeness (QED) is 0.444. The summed E-state index contributed by atoms with van der Waals surface area (Å²) < 4.78 is 6.30. The van der Waals surface area contributed by atoms with Crippen molar-refractivity contribution in [2.45, 2.75) is 57.3 Å². The number of ether oxygens (including phenoxy) is 1. The lowest BCUT2D eigenvalue weighted by Gasteiger charge is -2.34. The number of benzene rings is 2. The molecule has 0 N–H and O–H groups in total. The van der Waals surface area contributed by atoms with Gasteiger partial charge in [-0.25, -0.2) is 0 Å². The van der Waals surface area contributed by atoms with Gasteiger partial charge < -0.3 is 14.5 Å². The third-order valence-electron chi connectivity index (χ3n) is 9.21. The Morgan fingerprint density at radius 3 is 2.41 bits per heavy atom. The summed E-state index contributed by atoms with van der Waals surface area (Å²) in [7, 11) is 2.17. The number of nitriles is 1. The summed E-state index contributed by atoms with van der Waals surface area (Å²) in [6, 6.07) is 21.1. The number of hydrogen-bond donors (Lipinski definition) is 0. The molecule has 0 amide bonds. The van der Waals surface area contributed by atoms with Crippen LogP contribution < -0.4 is 9.64 Å². The van der Waals surface area contributed by atoms with Crippen molar-refractivity contribution in [1.29, 1.82) is 5.26 Å². The van der Waals surface area contributed by atoms with Crippen LogP contribution >= 0.6 is 0 Å². The molecule has 0 unspecified atom stereocenters. The minimum Gasteiger partial charge on any atom is -0.462 e. The largest absolute Gasteiger partial charge is 0.462 e. The zero-order valence-corrected chi connectivity index (χ0v) is 22.7. The molecule has 0 radical (unpaired) electrons. The molecule has 7 rings (SSSR count). The maximum Gasteiger partial charge on any atom is 0.318 e. The Balaban J connectivity index is 1.22. The van der Waals surface area contributed by atoms with E-state index < -0.39 is 0 Å². The summed E-state index contributed by atoms with van der Waals surface area (Å²) in [6.45, 7) is 5.16. The molecule has 200 valence electrons. The Morgan fingerprint density at radius 2 is 1.69 bits per heavy atom. The zero-order valence-electron chi connectivity index (χ0n) is 22.7. The van der Waals surface area contributed by atoms with Gasteiger partial charge in [-0.2, -0.15) is 15.2 Å². The lowest BCUT2D eigenvalue weighted by Crippen LogP contribution is -2.37. The van der Waals surface area contributed by atoms with E-state index in [-0.39, 0.29) is 6.04 Å². The number of hydrogen-bond acceptors (Lipinski definition) is 7. The van der Waals surface area contributed by atoms with Crippen LogP contribution in [0.3, 0.4) is 0 Å². The number of anilines is 1. The summed E-state index contributed by atoms with van der Waals surface area (Å²) in [5.41, 5.74) is 7.71. The van der Waals surface area contributed by atoms with Crippen molar-refractivity contribution in [2.75, 3.05) is 38.2 Å². The van der Waals surface area contributed by atoms with Crippen LogP contribution in [0.4, 0.5) is 5.82 Å². The molecule has 7 nitrogen and oxygen atoms in total. The number of piperidine rings is 1. The zero-order chi connectivity index (χ0) is 26.3. The Bertz CT molecular complexity index is 1370. The van der Waals surface area contributed by atoms with E-state index in [1.165, 1.54) is 34.2 Å². The molecule has 7 heteroatoms. The Labute approximate surface area is 231 Å². The van der Waals surface area contributed by atoms with Crippen molar-refractivity contribution in [3.05, 3.63) is 70.9 Å². The van der Waals surface area contributed by atoms with Crippen LogP contribution in [0.25, 0.3) is 11.1 Å². The molecule has 1 aliphatic carbocycles. The lowest BCUT2D eigenvalue weighted by molar-refractivity contribution is 0.187. The summed E-state index contributed by atoms with van der Waals surface area (Å²) in [6.07, 6.45) is 5.17. The highest BCUT2D eigenvalue weighted by atomic mass is 16.5. The Hall–Kier alpha value is -3.47. The SMILES string of the molecule is CN1CCC[C@H]1COc1nc2c(c(N3CCC[C@@H](CC#N)C3)n1)CN(C1c3ccccc3-c3ccccc31)C2. The number of fused-ring (bicyclic) bond motifs is 4. The summed E-state index contributed by atoms with van der Waals surface area (Å²) in [5.74, 6) is 1.40. The fourth-order valence-electron chi connectivity index (χ4n) is 7.18. The second-order valence-electron chi connectivity index (χ2n) is 11.6. The molecule has 4 heterocycles.